The van der Waals surface area contributed by atoms with Crippen LogP contribution in [-0.4, -0.2) is 110 Å². The smallest absolute Gasteiger partial charge is 0.186 e. The summed E-state index contributed by atoms with van der Waals surface area (Å²) in [6.45, 7) is -1.02. The number of aliphatic hydroxyl groups is 7. The third-order valence-corrected chi connectivity index (χ3v) is 4.04. The number of nitrogens with two attached hydrogens (primary N) is 1. The Bertz CT molecular complexity index is 385. The molecule has 0 aliphatic carbocycles. The van der Waals surface area contributed by atoms with Crippen molar-refractivity contribution in [2.45, 2.75) is 61.3 Å². The van der Waals surface area contributed by atoms with E-state index in [1.807, 2.05) is 0 Å². The van der Waals surface area contributed by atoms with Crippen molar-refractivity contribution in [1.82, 2.24) is 0 Å². The quantitative estimate of drug-likeness (QED) is 0.243. The standard InChI is InChI=1S/C12H23NO10/c13-5-8(17)7(16)4(22-11(5)20)2-21-12-10(19)9(18)6(15)3(1-14)23-12/h3-12,14-20H,1-2,13H2/t3-,4-,5-,6+,7-,8-,9+,10-,11-,12-/m1/s1. The molecule has 11 nitrogen and oxygen atoms in total. The van der Waals surface area contributed by atoms with E-state index in [-0.39, 0.29) is 0 Å². The Morgan fingerprint density at radius 2 is 1.39 bits per heavy atom. The molecule has 23 heavy (non-hydrogen) atoms. The van der Waals surface area contributed by atoms with Crippen LogP contribution in [0.2, 0.25) is 0 Å². The summed E-state index contributed by atoms with van der Waals surface area (Å²) in [6.07, 6.45) is -12.8. The normalized spacial score (nSPS) is 51.7. The lowest BCUT2D eigenvalue weighted by Gasteiger charge is -2.42. The van der Waals surface area contributed by atoms with Crippen LogP contribution in [0.25, 0.3) is 0 Å². The van der Waals surface area contributed by atoms with E-state index in [1.165, 1.54) is 0 Å². The lowest BCUT2D eigenvalue weighted by atomic mass is 9.97. The minimum Gasteiger partial charge on any atom is -0.394 e. The van der Waals surface area contributed by atoms with Gasteiger partial charge in [0.05, 0.1) is 19.3 Å². The highest BCUT2D eigenvalue weighted by atomic mass is 16.7. The van der Waals surface area contributed by atoms with Crippen LogP contribution in [0.4, 0.5) is 0 Å². The molecule has 2 heterocycles. The molecule has 0 bridgehead atoms. The molecule has 0 saturated carbocycles. The highest BCUT2D eigenvalue weighted by molar-refractivity contribution is 4.92. The van der Waals surface area contributed by atoms with Gasteiger partial charge < -0.3 is 55.7 Å². The second-order valence-corrected chi connectivity index (χ2v) is 5.65. The van der Waals surface area contributed by atoms with Gasteiger partial charge in [-0.25, -0.2) is 0 Å². The zero-order valence-electron chi connectivity index (χ0n) is 12.1. The maximum absolute atomic E-state index is 9.83. The number of ether oxygens (including phenoxy) is 3. The number of rotatable bonds is 4. The Labute approximate surface area is 131 Å². The summed E-state index contributed by atoms with van der Waals surface area (Å²) in [5.41, 5.74) is 5.43. The zero-order chi connectivity index (χ0) is 17.3. The maximum Gasteiger partial charge on any atom is 0.186 e. The Hall–Kier alpha value is -0.440. The number of hydrogen-bond donors (Lipinski definition) is 8. The monoisotopic (exact) mass is 341 g/mol. The average molecular weight is 341 g/mol. The van der Waals surface area contributed by atoms with Gasteiger partial charge >= 0.3 is 0 Å². The lowest BCUT2D eigenvalue weighted by molar-refractivity contribution is -0.317. The first kappa shape index (κ1) is 18.9. The molecule has 0 aromatic carbocycles. The summed E-state index contributed by atoms with van der Waals surface area (Å²) in [6, 6.07) is -1.19. The van der Waals surface area contributed by atoms with Crippen LogP contribution < -0.4 is 5.73 Å². The number of aliphatic hydroxyl groups excluding tert-OH is 7. The van der Waals surface area contributed by atoms with Gasteiger partial charge in [-0.15, -0.1) is 0 Å². The second kappa shape index (κ2) is 7.63. The van der Waals surface area contributed by atoms with E-state index in [2.05, 4.69) is 0 Å². The van der Waals surface area contributed by atoms with Crippen LogP contribution in [0.15, 0.2) is 0 Å². The Morgan fingerprint density at radius 1 is 0.783 bits per heavy atom. The van der Waals surface area contributed by atoms with E-state index in [4.69, 9.17) is 25.1 Å². The molecule has 2 aliphatic rings. The van der Waals surface area contributed by atoms with E-state index in [0.29, 0.717) is 0 Å². The first-order valence-electron chi connectivity index (χ1n) is 7.15. The third-order valence-electron chi connectivity index (χ3n) is 4.04. The molecule has 2 rings (SSSR count). The fourth-order valence-electron chi connectivity index (χ4n) is 2.50. The van der Waals surface area contributed by atoms with E-state index in [0.717, 1.165) is 0 Å². The molecule has 0 unspecified atom stereocenters. The van der Waals surface area contributed by atoms with E-state index in [9.17, 15) is 30.6 Å². The third kappa shape index (κ3) is 3.81. The van der Waals surface area contributed by atoms with Gasteiger partial charge in [0.25, 0.3) is 0 Å². The molecular weight excluding hydrogens is 318 g/mol. The molecule has 0 spiro atoms. The van der Waals surface area contributed by atoms with Crippen molar-refractivity contribution in [3.8, 4) is 0 Å². The average Bonchev–Trinajstić information content (AvgIpc) is 2.54. The summed E-state index contributed by atoms with van der Waals surface area (Å²) in [5, 5.41) is 67.2. The molecule has 9 N–H and O–H groups in total. The van der Waals surface area contributed by atoms with Crippen LogP contribution in [-0.2, 0) is 14.2 Å². The van der Waals surface area contributed by atoms with Gasteiger partial charge in [-0.1, -0.05) is 0 Å². The van der Waals surface area contributed by atoms with Crippen LogP contribution in [0.5, 0.6) is 0 Å². The topological polar surface area (TPSA) is 195 Å². The predicted octanol–water partition coefficient (Wildman–Crippen LogP) is -5.43. The highest BCUT2D eigenvalue weighted by Gasteiger charge is 2.46. The fourth-order valence-corrected chi connectivity index (χ4v) is 2.50. The fraction of sp³-hybridized carbons (Fsp3) is 1.00. The van der Waals surface area contributed by atoms with Gasteiger partial charge in [0.1, 0.15) is 42.7 Å². The summed E-state index contributed by atoms with van der Waals surface area (Å²) in [5.74, 6) is 0. The molecule has 10 atom stereocenters. The minimum atomic E-state index is -1.61. The maximum atomic E-state index is 9.83. The Balaban J connectivity index is 1.94. The van der Waals surface area contributed by atoms with Crippen molar-refractivity contribution in [2.24, 2.45) is 5.73 Å². The van der Waals surface area contributed by atoms with Crippen molar-refractivity contribution in [3.05, 3.63) is 0 Å². The molecule has 136 valence electrons. The van der Waals surface area contributed by atoms with E-state index >= 15 is 0 Å². The molecule has 0 aromatic heterocycles. The SMILES string of the molecule is N[C@@H]1[C@@H](O)[C@H](O)[C@@H](CO[C@@H]2O[C@H](CO)[C@H](O)[C@H](O)[C@H]2O)O[C@H]1O. The molecule has 0 amide bonds. The molecule has 0 aromatic rings. The van der Waals surface area contributed by atoms with Gasteiger partial charge in [-0.3, -0.25) is 0 Å². The van der Waals surface area contributed by atoms with Crippen molar-refractivity contribution >= 4 is 0 Å². The minimum absolute atomic E-state index is 0.412. The number of hydrogen-bond acceptors (Lipinski definition) is 11. The summed E-state index contributed by atoms with van der Waals surface area (Å²) >= 11 is 0. The van der Waals surface area contributed by atoms with Gasteiger partial charge in [-0.2, -0.15) is 0 Å². The molecule has 2 aliphatic heterocycles. The largest absolute Gasteiger partial charge is 0.394 e. The van der Waals surface area contributed by atoms with Gasteiger partial charge in [0, 0.05) is 0 Å². The zero-order valence-corrected chi connectivity index (χ0v) is 12.1. The molecule has 2 fully saturated rings. The highest BCUT2D eigenvalue weighted by Crippen LogP contribution is 2.24. The molecular formula is C12H23NO10. The van der Waals surface area contributed by atoms with Crippen molar-refractivity contribution in [3.63, 3.8) is 0 Å². The summed E-state index contributed by atoms with van der Waals surface area (Å²) in [4.78, 5) is 0. The van der Waals surface area contributed by atoms with Gasteiger partial charge in [0.15, 0.2) is 12.6 Å². The predicted molar refractivity (Wildman–Crippen MR) is 70.6 cm³/mol. The van der Waals surface area contributed by atoms with Crippen molar-refractivity contribution in [2.75, 3.05) is 13.2 Å². The van der Waals surface area contributed by atoms with Crippen LogP contribution in [0.1, 0.15) is 0 Å². The lowest BCUT2D eigenvalue weighted by Crippen LogP contribution is -2.63. The first-order chi connectivity index (χ1) is 10.8. The molecule has 2 saturated heterocycles. The van der Waals surface area contributed by atoms with Crippen molar-refractivity contribution < 1.29 is 50.0 Å². The Morgan fingerprint density at radius 3 is 2.00 bits per heavy atom. The first-order valence-corrected chi connectivity index (χ1v) is 7.15. The Kier molecular flexibility index (Phi) is 6.27. The van der Waals surface area contributed by atoms with Gasteiger partial charge in [0.2, 0.25) is 0 Å². The molecule has 11 heteroatoms. The van der Waals surface area contributed by atoms with Crippen LogP contribution >= 0.6 is 0 Å². The van der Waals surface area contributed by atoms with E-state index in [1.54, 1.807) is 0 Å². The summed E-state index contributed by atoms with van der Waals surface area (Å²) in [7, 11) is 0. The van der Waals surface area contributed by atoms with Crippen LogP contribution in [0, 0.1) is 0 Å². The van der Waals surface area contributed by atoms with Crippen molar-refractivity contribution in [1.29, 1.82) is 0 Å². The second-order valence-electron chi connectivity index (χ2n) is 5.65. The summed E-state index contributed by atoms with van der Waals surface area (Å²) < 4.78 is 15.3. The van der Waals surface area contributed by atoms with E-state index < -0.39 is 74.6 Å². The van der Waals surface area contributed by atoms with Crippen LogP contribution in [0.3, 0.4) is 0 Å². The molecule has 0 radical (unpaired) electrons. The van der Waals surface area contributed by atoms with Gasteiger partial charge in [-0.05, 0) is 0 Å².